The van der Waals surface area contributed by atoms with E-state index in [1.807, 2.05) is 24.3 Å². The molecule has 1 aliphatic carbocycles. The topological polar surface area (TPSA) is 81.4 Å². The van der Waals surface area contributed by atoms with E-state index in [0.717, 1.165) is 24.3 Å². The molecule has 4 rings (SSSR count). The van der Waals surface area contributed by atoms with Crippen molar-refractivity contribution in [2.24, 2.45) is 0 Å². The van der Waals surface area contributed by atoms with Crippen LogP contribution in [0.5, 0.6) is 5.75 Å². The van der Waals surface area contributed by atoms with Gasteiger partial charge in [0, 0.05) is 23.6 Å². The maximum Gasteiger partial charge on any atom is 0.241 e. The number of nitrogens with zero attached hydrogens (tertiary/aromatic N) is 1. The van der Waals surface area contributed by atoms with Gasteiger partial charge < -0.3 is 9.15 Å². The van der Waals surface area contributed by atoms with Crippen LogP contribution in [-0.2, 0) is 16.6 Å². The number of sulfonamides is 1. The Labute approximate surface area is 164 Å². The number of benzene rings is 2. The van der Waals surface area contributed by atoms with Crippen LogP contribution in [-0.4, -0.2) is 20.5 Å². The summed E-state index contributed by atoms with van der Waals surface area (Å²) in [5, 5.41) is 0. The van der Waals surface area contributed by atoms with Crippen LogP contribution >= 0.6 is 0 Å². The van der Waals surface area contributed by atoms with Crippen LogP contribution in [0.1, 0.15) is 35.8 Å². The summed E-state index contributed by atoms with van der Waals surface area (Å²) in [6, 6.07) is 12.6. The van der Waals surface area contributed by atoms with Crippen molar-refractivity contribution in [1.82, 2.24) is 9.71 Å². The van der Waals surface area contributed by atoms with Crippen molar-refractivity contribution in [3.63, 3.8) is 0 Å². The van der Waals surface area contributed by atoms with Gasteiger partial charge in [-0.05, 0) is 37.5 Å². The van der Waals surface area contributed by atoms with Crippen LogP contribution in [0.25, 0.3) is 11.3 Å². The third-order valence-electron chi connectivity index (χ3n) is 4.86. The average molecular weight is 398 g/mol. The zero-order chi connectivity index (χ0) is 19.7. The molecule has 0 saturated heterocycles. The molecule has 0 atom stereocenters. The molecule has 7 heteroatoms. The molecule has 2 aromatic carbocycles. The molecule has 146 valence electrons. The zero-order valence-electron chi connectivity index (χ0n) is 15.8. The van der Waals surface area contributed by atoms with Gasteiger partial charge in [-0.15, -0.1) is 0 Å². The standard InChI is InChI=1S/C21H22N2O4S/c1-14-7-8-16(19-13-22-21(27-19)15-9-10-15)11-20(14)28(24,25)23-12-17-5-3-4-6-18(17)26-2/h3-8,11,13,15,23H,9-10,12H2,1-2H3. The molecular formula is C21H22N2O4S. The Morgan fingerprint density at radius 2 is 2.00 bits per heavy atom. The number of methoxy groups -OCH3 is 1. The maximum absolute atomic E-state index is 12.9. The Hall–Kier alpha value is -2.64. The van der Waals surface area contributed by atoms with Crippen LogP contribution in [0.15, 0.2) is 58.0 Å². The highest BCUT2D eigenvalue weighted by molar-refractivity contribution is 7.89. The molecule has 0 radical (unpaired) electrons. The highest BCUT2D eigenvalue weighted by atomic mass is 32.2. The van der Waals surface area contributed by atoms with Crippen molar-refractivity contribution >= 4 is 10.0 Å². The molecule has 0 unspecified atom stereocenters. The Bertz CT molecular complexity index is 1100. The van der Waals surface area contributed by atoms with E-state index in [9.17, 15) is 8.42 Å². The Morgan fingerprint density at radius 3 is 2.75 bits per heavy atom. The number of para-hydroxylation sites is 1. The van der Waals surface area contributed by atoms with E-state index in [1.165, 1.54) is 0 Å². The normalized spacial score (nSPS) is 14.2. The fourth-order valence-corrected chi connectivity index (χ4v) is 4.36. The van der Waals surface area contributed by atoms with Crippen molar-refractivity contribution in [2.45, 2.75) is 37.1 Å². The predicted molar refractivity (Wildman–Crippen MR) is 106 cm³/mol. The van der Waals surface area contributed by atoms with Crippen LogP contribution in [0.4, 0.5) is 0 Å². The lowest BCUT2D eigenvalue weighted by molar-refractivity contribution is 0.409. The molecule has 1 aromatic heterocycles. The Kier molecular flexibility index (Phi) is 4.95. The molecule has 1 fully saturated rings. The van der Waals surface area contributed by atoms with Gasteiger partial charge in [0.15, 0.2) is 11.7 Å². The number of oxazole rings is 1. The third kappa shape index (κ3) is 3.81. The number of hydrogen-bond donors (Lipinski definition) is 1. The van der Waals surface area contributed by atoms with Gasteiger partial charge in [0.25, 0.3) is 0 Å². The second-order valence-electron chi connectivity index (χ2n) is 6.95. The van der Waals surface area contributed by atoms with E-state index in [4.69, 9.17) is 9.15 Å². The quantitative estimate of drug-likeness (QED) is 0.650. The molecule has 6 nitrogen and oxygen atoms in total. The average Bonchev–Trinajstić information content (AvgIpc) is 3.44. The summed E-state index contributed by atoms with van der Waals surface area (Å²) in [6.45, 7) is 1.92. The number of nitrogens with one attached hydrogen (secondary N) is 1. The molecule has 3 aromatic rings. The van der Waals surface area contributed by atoms with Gasteiger partial charge in [-0.1, -0.05) is 30.3 Å². The fourth-order valence-electron chi connectivity index (χ4n) is 3.08. The van der Waals surface area contributed by atoms with Crippen LogP contribution in [0.2, 0.25) is 0 Å². The monoisotopic (exact) mass is 398 g/mol. The van der Waals surface area contributed by atoms with Crippen molar-refractivity contribution < 1.29 is 17.6 Å². The third-order valence-corrected chi connectivity index (χ3v) is 6.40. The summed E-state index contributed by atoms with van der Waals surface area (Å²) in [4.78, 5) is 4.54. The molecule has 28 heavy (non-hydrogen) atoms. The molecule has 1 saturated carbocycles. The SMILES string of the molecule is COc1ccccc1CNS(=O)(=O)c1cc(-c2cnc(C3CC3)o2)ccc1C. The van der Waals surface area contributed by atoms with Gasteiger partial charge in [-0.25, -0.2) is 18.1 Å². The molecule has 0 aliphatic heterocycles. The predicted octanol–water partition coefficient (Wildman–Crippen LogP) is 4.01. The van der Waals surface area contributed by atoms with E-state index in [-0.39, 0.29) is 11.4 Å². The van der Waals surface area contributed by atoms with Crippen LogP contribution in [0.3, 0.4) is 0 Å². The summed E-state index contributed by atoms with van der Waals surface area (Å²) in [5.41, 5.74) is 2.13. The first-order valence-corrected chi connectivity index (χ1v) is 10.6. The fraction of sp³-hybridized carbons (Fsp3) is 0.286. The number of aryl methyl sites for hydroxylation is 1. The number of hydrogen-bond acceptors (Lipinski definition) is 5. The van der Waals surface area contributed by atoms with Gasteiger partial charge in [0.05, 0.1) is 18.2 Å². The highest BCUT2D eigenvalue weighted by Gasteiger charge is 2.29. The molecule has 0 amide bonds. The first kappa shape index (κ1) is 18.7. The van der Waals surface area contributed by atoms with E-state index >= 15 is 0 Å². The minimum absolute atomic E-state index is 0.143. The molecule has 0 bridgehead atoms. The lowest BCUT2D eigenvalue weighted by Gasteiger charge is -2.12. The van der Waals surface area contributed by atoms with Crippen molar-refractivity contribution in [2.75, 3.05) is 7.11 Å². The smallest absolute Gasteiger partial charge is 0.241 e. The lowest BCUT2D eigenvalue weighted by atomic mass is 10.1. The lowest BCUT2D eigenvalue weighted by Crippen LogP contribution is -2.24. The first-order chi connectivity index (χ1) is 13.5. The summed E-state index contributed by atoms with van der Waals surface area (Å²) in [7, 11) is -2.15. The van der Waals surface area contributed by atoms with Gasteiger partial charge in [-0.2, -0.15) is 0 Å². The second-order valence-corrected chi connectivity index (χ2v) is 8.69. The largest absolute Gasteiger partial charge is 0.496 e. The van der Waals surface area contributed by atoms with Crippen molar-refractivity contribution in [3.05, 3.63) is 65.7 Å². The second kappa shape index (κ2) is 7.41. The maximum atomic E-state index is 12.9. The number of rotatable bonds is 7. The first-order valence-electron chi connectivity index (χ1n) is 9.16. The van der Waals surface area contributed by atoms with Crippen molar-refractivity contribution in [1.29, 1.82) is 0 Å². The van der Waals surface area contributed by atoms with Crippen LogP contribution in [0, 0.1) is 6.92 Å². The van der Waals surface area contributed by atoms with E-state index in [2.05, 4.69) is 9.71 Å². The summed E-state index contributed by atoms with van der Waals surface area (Å²) >= 11 is 0. The van der Waals surface area contributed by atoms with Gasteiger partial charge in [0.2, 0.25) is 10.0 Å². The summed E-state index contributed by atoms with van der Waals surface area (Å²) in [6.07, 6.45) is 3.86. The van der Waals surface area contributed by atoms with Gasteiger partial charge in [-0.3, -0.25) is 0 Å². The molecule has 1 heterocycles. The number of ether oxygens (including phenoxy) is 1. The molecule has 0 spiro atoms. The number of aromatic nitrogens is 1. The van der Waals surface area contributed by atoms with Crippen molar-refractivity contribution in [3.8, 4) is 17.1 Å². The van der Waals surface area contributed by atoms with E-state index < -0.39 is 10.0 Å². The minimum atomic E-state index is -3.71. The highest BCUT2D eigenvalue weighted by Crippen LogP contribution is 2.40. The Morgan fingerprint density at radius 1 is 1.21 bits per heavy atom. The Balaban J connectivity index is 1.59. The minimum Gasteiger partial charge on any atom is -0.496 e. The molecular weight excluding hydrogens is 376 g/mol. The molecule has 1 N–H and O–H groups in total. The zero-order valence-corrected chi connectivity index (χ0v) is 16.6. The van der Waals surface area contributed by atoms with Gasteiger partial charge in [0.1, 0.15) is 5.75 Å². The molecule has 1 aliphatic rings. The van der Waals surface area contributed by atoms with E-state index in [0.29, 0.717) is 28.6 Å². The summed E-state index contributed by atoms with van der Waals surface area (Å²) in [5.74, 6) is 2.37. The summed E-state index contributed by atoms with van der Waals surface area (Å²) < 4.78 is 39.6. The van der Waals surface area contributed by atoms with E-state index in [1.54, 1.807) is 38.4 Å². The van der Waals surface area contributed by atoms with Crippen LogP contribution < -0.4 is 9.46 Å². The van der Waals surface area contributed by atoms with Gasteiger partial charge >= 0.3 is 0 Å².